The molecule has 0 aliphatic rings. The Morgan fingerprint density at radius 3 is 2.67 bits per heavy atom. The summed E-state index contributed by atoms with van der Waals surface area (Å²) in [6, 6.07) is 4.55. The number of hydrogen-bond donors (Lipinski definition) is 3. The summed E-state index contributed by atoms with van der Waals surface area (Å²) in [5, 5.41) is 8.88. The van der Waals surface area contributed by atoms with Crippen LogP contribution in [0.15, 0.2) is 23.1 Å². The van der Waals surface area contributed by atoms with Crippen LogP contribution in [-0.2, 0) is 10.0 Å². The third-order valence-electron chi connectivity index (χ3n) is 2.91. The van der Waals surface area contributed by atoms with Gasteiger partial charge in [0.15, 0.2) is 0 Å². The monoisotopic (exact) mass is 272 g/mol. The minimum Gasteiger partial charge on any atom is -0.398 e. The second-order valence-corrected chi connectivity index (χ2v) is 5.89. The molecule has 1 atom stereocenters. The average Bonchev–Trinajstić information content (AvgIpc) is 2.31. The lowest BCUT2D eigenvalue weighted by atomic mass is 10.2. The van der Waals surface area contributed by atoms with Gasteiger partial charge >= 0.3 is 0 Å². The Kier molecular flexibility index (Phi) is 5.13. The highest BCUT2D eigenvalue weighted by Gasteiger charge is 2.21. The van der Waals surface area contributed by atoms with Gasteiger partial charge in [-0.3, -0.25) is 0 Å². The first-order valence-electron chi connectivity index (χ1n) is 5.90. The molecule has 6 heteroatoms. The van der Waals surface area contributed by atoms with E-state index in [1.54, 1.807) is 19.1 Å². The van der Waals surface area contributed by atoms with E-state index < -0.39 is 10.0 Å². The zero-order valence-corrected chi connectivity index (χ0v) is 11.5. The van der Waals surface area contributed by atoms with Crippen molar-refractivity contribution in [3.8, 4) is 0 Å². The molecular formula is C12H20N2O3S. The normalized spacial score (nSPS) is 13.5. The largest absolute Gasteiger partial charge is 0.398 e. The van der Waals surface area contributed by atoms with Crippen molar-refractivity contribution in [3.63, 3.8) is 0 Å². The van der Waals surface area contributed by atoms with Gasteiger partial charge in [0, 0.05) is 18.3 Å². The van der Waals surface area contributed by atoms with E-state index in [2.05, 4.69) is 4.72 Å². The predicted molar refractivity (Wildman–Crippen MR) is 71.7 cm³/mol. The van der Waals surface area contributed by atoms with Crippen LogP contribution in [0.4, 0.5) is 5.69 Å². The fourth-order valence-electron chi connectivity index (χ4n) is 1.71. The van der Waals surface area contributed by atoms with Crippen molar-refractivity contribution in [2.45, 2.75) is 37.6 Å². The summed E-state index contributed by atoms with van der Waals surface area (Å²) in [6.07, 6.45) is 1.03. The molecule has 1 unspecified atom stereocenters. The van der Waals surface area contributed by atoms with Crippen molar-refractivity contribution >= 4 is 15.7 Å². The molecule has 0 aromatic heterocycles. The molecule has 0 spiro atoms. The Hall–Kier alpha value is -1.11. The van der Waals surface area contributed by atoms with E-state index in [4.69, 9.17) is 10.8 Å². The summed E-state index contributed by atoms with van der Waals surface area (Å²) in [5.41, 5.74) is 6.70. The van der Waals surface area contributed by atoms with Crippen LogP contribution in [0.25, 0.3) is 0 Å². The van der Waals surface area contributed by atoms with Gasteiger partial charge in [0.2, 0.25) is 10.0 Å². The first kappa shape index (κ1) is 14.9. The van der Waals surface area contributed by atoms with Crippen LogP contribution < -0.4 is 10.5 Å². The quantitative estimate of drug-likeness (QED) is 0.674. The van der Waals surface area contributed by atoms with Crippen LogP contribution in [0.2, 0.25) is 0 Å². The van der Waals surface area contributed by atoms with Gasteiger partial charge in [-0.15, -0.1) is 0 Å². The Morgan fingerprint density at radius 2 is 2.11 bits per heavy atom. The van der Waals surface area contributed by atoms with E-state index in [-0.39, 0.29) is 17.5 Å². The molecule has 5 nitrogen and oxygen atoms in total. The third-order valence-corrected chi connectivity index (χ3v) is 4.57. The fourth-order valence-corrected chi connectivity index (χ4v) is 3.34. The van der Waals surface area contributed by atoms with Crippen molar-refractivity contribution in [3.05, 3.63) is 23.8 Å². The Morgan fingerprint density at radius 1 is 1.44 bits per heavy atom. The number of nitrogens with two attached hydrogens (primary N) is 1. The Labute approximate surface area is 108 Å². The number of aliphatic hydroxyl groups is 1. The van der Waals surface area contributed by atoms with Crippen molar-refractivity contribution in [1.29, 1.82) is 0 Å². The van der Waals surface area contributed by atoms with Gasteiger partial charge in [-0.2, -0.15) is 0 Å². The third kappa shape index (κ3) is 3.44. The predicted octanol–water partition coefficient (Wildman–Crippen LogP) is 1.02. The number of nitrogen functional groups attached to an aromatic ring is 1. The molecule has 0 heterocycles. The second-order valence-electron chi connectivity index (χ2n) is 4.21. The first-order valence-corrected chi connectivity index (χ1v) is 7.39. The summed E-state index contributed by atoms with van der Waals surface area (Å²) in [5.74, 6) is 0. The van der Waals surface area contributed by atoms with Crippen molar-refractivity contribution in [2.75, 3.05) is 12.3 Å². The number of hydrogen-bond acceptors (Lipinski definition) is 4. The van der Waals surface area contributed by atoms with E-state index in [9.17, 15) is 8.42 Å². The molecule has 1 rings (SSSR count). The number of nitrogens with one attached hydrogen (secondary N) is 1. The number of aliphatic hydroxyl groups excluding tert-OH is 1. The number of anilines is 1. The maximum absolute atomic E-state index is 12.2. The molecule has 0 radical (unpaired) electrons. The van der Waals surface area contributed by atoms with Gasteiger partial charge in [0.1, 0.15) is 0 Å². The zero-order valence-electron chi connectivity index (χ0n) is 10.7. The SMILES string of the molecule is CCC(CCO)NS(=O)(=O)c1cccc(N)c1C. The van der Waals surface area contributed by atoms with Gasteiger partial charge in [0.05, 0.1) is 4.90 Å². The fraction of sp³-hybridized carbons (Fsp3) is 0.500. The average molecular weight is 272 g/mol. The maximum Gasteiger partial charge on any atom is 0.241 e. The molecule has 4 N–H and O–H groups in total. The molecule has 0 fully saturated rings. The summed E-state index contributed by atoms with van der Waals surface area (Å²) in [6.45, 7) is 3.50. The smallest absolute Gasteiger partial charge is 0.241 e. The van der Waals surface area contributed by atoms with E-state index in [0.717, 1.165) is 0 Å². The van der Waals surface area contributed by atoms with Crippen LogP contribution in [0.1, 0.15) is 25.3 Å². The summed E-state index contributed by atoms with van der Waals surface area (Å²) in [7, 11) is -3.59. The highest BCUT2D eigenvalue weighted by atomic mass is 32.2. The van der Waals surface area contributed by atoms with E-state index in [1.165, 1.54) is 6.07 Å². The first-order chi connectivity index (χ1) is 8.42. The topological polar surface area (TPSA) is 92.4 Å². The molecule has 0 aliphatic heterocycles. The van der Waals surface area contributed by atoms with Crippen molar-refractivity contribution in [1.82, 2.24) is 4.72 Å². The van der Waals surface area contributed by atoms with Gasteiger partial charge in [0.25, 0.3) is 0 Å². The molecule has 18 heavy (non-hydrogen) atoms. The van der Waals surface area contributed by atoms with Crippen LogP contribution in [-0.4, -0.2) is 26.2 Å². The standard InChI is InChI=1S/C12H20N2O3S/c1-3-10(7-8-15)14-18(16,17)12-6-4-5-11(13)9(12)2/h4-6,10,14-15H,3,7-8,13H2,1-2H3. The van der Waals surface area contributed by atoms with Crippen molar-refractivity contribution in [2.24, 2.45) is 0 Å². The molecule has 1 aromatic carbocycles. The summed E-state index contributed by atoms with van der Waals surface area (Å²) >= 11 is 0. The van der Waals surface area contributed by atoms with Crippen LogP contribution in [0.3, 0.4) is 0 Å². The highest BCUT2D eigenvalue weighted by molar-refractivity contribution is 7.89. The molecular weight excluding hydrogens is 252 g/mol. The lowest BCUT2D eigenvalue weighted by Gasteiger charge is -2.17. The summed E-state index contributed by atoms with van der Waals surface area (Å²) in [4.78, 5) is 0.193. The van der Waals surface area contributed by atoms with Crippen LogP contribution >= 0.6 is 0 Å². The minimum absolute atomic E-state index is 0.0447. The molecule has 0 amide bonds. The lowest BCUT2D eigenvalue weighted by molar-refractivity contribution is 0.270. The van der Waals surface area contributed by atoms with E-state index in [0.29, 0.717) is 24.1 Å². The minimum atomic E-state index is -3.59. The number of rotatable bonds is 6. The van der Waals surface area contributed by atoms with Gasteiger partial charge in [-0.05, 0) is 37.5 Å². The van der Waals surface area contributed by atoms with Gasteiger partial charge in [-0.1, -0.05) is 13.0 Å². The number of benzene rings is 1. The zero-order chi connectivity index (χ0) is 13.8. The number of sulfonamides is 1. The highest BCUT2D eigenvalue weighted by Crippen LogP contribution is 2.20. The molecule has 0 aliphatic carbocycles. The van der Waals surface area contributed by atoms with Gasteiger partial charge in [-0.25, -0.2) is 13.1 Å². The molecule has 1 aromatic rings. The van der Waals surface area contributed by atoms with Crippen LogP contribution in [0, 0.1) is 6.92 Å². The van der Waals surface area contributed by atoms with Crippen molar-refractivity contribution < 1.29 is 13.5 Å². The van der Waals surface area contributed by atoms with E-state index in [1.807, 2.05) is 6.92 Å². The van der Waals surface area contributed by atoms with Gasteiger partial charge < -0.3 is 10.8 Å². The molecule has 0 saturated heterocycles. The molecule has 0 bridgehead atoms. The van der Waals surface area contributed by atoms with E-state index >= 15 is 0 Å². The molecule has 0 saturated carbocycles. The molecule has 102 valence electrons. The lowest BCUT2D eigenvalue weighted by Crippen LogP contribution is -2.35. The maximum atomic E-state index is 12.2. The summed E-state index contributed by atoms with van der Waals surface area (Å²) < 4.78 is 27.0. The second kappa shape index (κ2) is 6.17. The Balaban J connectivity index is 3.03. The van der Waals surface area contributed by atoms with Crippen LogP contribution in [0.5, 0.6) is 0 Å². The Bertz CT molecular complexity index is 500.